The second-order valence-corrected chi connectivity index (χ2v) is 8.86. The van der Waals surface area contributed by atoms with Crippen LogP contribution in [0, 0.1) is 0 Å². The number of nitrogens with one attached hydrogen (secondary N) is 2. The van der Waals surface area contributed by atoms with Gasteiger partial charge in [0.1, 0.15) is 11.8 Å². The summed E-state index contributed by atoms with van der Waals surface area (Å²) in [7, 11) is -3.96. The van der Waals surface area contributed by atoms with Gasteiger partial charge in [-0.05, 0) is 55.3 Å². The molecule has 31 heavy (non-hydrogen) atoms. The first kappa shape index (κ1) is 22.8. The highest BCUT2D eigenvalue weighted by Crippen LogP contribution is 2.22. The number of para-hydroxylation sites is 1. The van der Waals surface area contributed by atoms with Gasteiger partial charge in [-0.2, -0.15) is 4.72 Å². The SMILES string of the molecule is CCOc1ccc(S(=O)(=O)NC(Cc2ccccc2)C(=O)Nc2ccccc2Cl)cc1. The zero-order valence-electron chi connectivity index (χ0n) is 16.9. The number of amides is 1. The van der Waals surface area contributed by atoms with E-state index in [0.29, 0.717) is 23.1 Å². The lowest BCUT2D eigenvalue weighted by molar-refractivity contribution is -0.117. The van der Waals surface area contributed by atoms with Crippen LogP contribution < -0.4 is 14.8 Å². The Hall–Kier alpha value is -2.87. The number of hydrogen-bond acceptors (Lipinski definition) is 4. The molecule has 0 aliphatic rings. The topological polar surface area (TPSA) is 84.5 Å². The van der Waals surface area contributed by atoms with E-state index in [-0.39, 0.29) is 11.3 Å². The average molecular weight is 459 g/mol. The van der Waals surface area contributed by atoms with Crippen LogP contribution >= 0.6 is 11.6 Å². The summed E-state index contributed by atoms with van der Waals surface area (Å²) in [6, 6.07) is 21.0. The molecule has 0 aliphatic carbocycles. The third kappa shape index (κ3) is 6.30. The van der Waals surface area contributed by atoms with Gasteiger partial charge in [0.25, 0.3) is 0 Å². The lowest BCUT2D eigenvalue weighted by Crippen LogP contribution is -2.45. The van der Waals surface area contributed by atoms with Gasteiger partial charge in [0.15, 0.2) is 0 Å². The minimum absolute atomic E-state index is 0.0413. The number of carbonyl (C=O) groups excluding carboxylic acids is 1. The third-order valence-corrected chi connectivity index (χ3v) is 6.29. The van der Waals surface area contributed by atoms with Crippen LogP contribution in [0.25, 0.3) is 0 Å². The second-order valence-electron chi connectivity index (χ2n) is 6.74. The van der Waals surface area contributed by atoms with E-state index in [0.717, 1.165) is 5.56 Å². The van der Waals surface area contributed by atoms with Crippen molar-refractivity contribution in [1.29, 1.82) is 0 Å². The number of rotatable bonds is 9. The van der Waals surface area contributed by atoms with Crippen molar-refractivity contribution in [1.82, 2.24) is 4.72 Å². The summed E-state index contributed by atoms with van der Waals surface area (Å²) in [5.41, 5.74) is 1.23. The fourth-order valence-electron chi connectivity index (χ4n) is 2.96. The molecule has 0 aromatic heterocycles. The van der Waals surface area contributed by atoms with Crippen LogP contribution in [0.15, 0.2) is 83.8 Å². The molecule has 0 saturated carbocycles. The molecule has 1 amide bonds. The Labute approximate surface area is 187 Å². The molecule has 0 fully saturated rings. The summed E-state index contributed by atoms with van der Waals surface area (Å²) < 4.78 is 33.8. The van der Waals surface area contributed by atoms with Crippen molar-refractivity contribution in [2.45, 2.75) is 24.3 Å². The average Bonchev–Trinajstić information content (AvgIpc) is 2.76. The minimum Gasteiger partial charge on any atom is -0.494 e. The molecular formula is C23H23ClN2O4S. The van der Waals surface area contributed by atoms with Crippen molar-refractivity contribution < 1.29 is 17.9 Å². The van der Waals surface area contributed by atoms with Crippen LogP contribution in [-0.4, -0.2) is 27.0 Å². The Morgan fingerprint density at radius 1 is 0.968 bits per heavy atom. The first-order valence-corrected chi connectivity index (χ1v) is 11.6. The van der Waals surface area contributed by atoms with Crippen molar-refractivity contribution in [3.05, 3.63) is 89.4 Å². The fourth-order valence-corrected chi connectivity index (χ4v) is 4.34. The van der Waals surface area contributed by atoms with E-state index in [1.807, 2.05) is 37.3 Å². The van der Waals surface area contributed by atoms with Gasteiger partial charge in [0, 0.05) is 0 Å². The van der Waals surface area contributed by atoms with Gasteiger partial charge in [0.2, 0.25) is 15.9 Å². The van der Waals surface area contributed by atoms with Gasteiger partial charge in [-0.15, -0.1) is 0 Å². The van der Waals surface area contributed by atoms with Crippen LogP contribution in [0.5, 0.6) is 5.75 Å². The fraction of sp³-hybridized carbons (Fsp3) is 0.174. The van der Waals surface area contributed by atoms with Crippen LogP contribution in [0.1, 0.15) is 12.5 Å². The minimum atomic E-state index is -3.96. The predicted octanol–water partition coefficient (Wildman–Crippen LogP) is 4.27. The summed E-state index contributed by atoms with van der Waals surface area (Å²) in [4.78, 5) is 13.0. The predicted molar refractivity (Wildman–Crippen MR) is 122 cm³/mol. The molecule has 0 saturated heterocycles. The summed E-state index contributed by atoms with van der Waals surface area (Å²) in [6.07, 6.45) is 0.174. The molecule has 0 aliphatic heterocycles. The van der Waals surface area contributed by atoms with Crippen LogP contribution in [-0.2, 0) is 21.2 Å². The molecular weight excluding hydrogens is 436 g/mol. The first-order valence-electron chi connectivity index (χ1n) is 9.73. The highest BCUT2D eigenvalue weighted by Gasteiger charge is 2.26. The van der Waals surface area contributed by atoms with Gasteiger partial charge in [-0.25, -0.2) is 8.42 Å². The number of anilines is 1. The number of halogens is 1. The van der Waals surface area contributed by atoms with Gasteiger partial charge in [-0.1, -0.05) is 54.1 Å². The third-order valence-electron chi connectivity index (χ3n) is 4.47. The molecule has 0 radical (unpaired) electrons. The summed E-state index contributed by atoms with van der Waals surface area (Å²) in [5, 5.41) is 3.08. The normalized spacial score (nSPS) is 12.2. The van der Waals surface area contributed by atoms with E-state index in [9.17, 15) is 13.2 Å². The molecule has 2 N–H and O–H groups in total. The molecule has 0 heterocycles. The van der Waals surface area contributed by atoms with Crippen LogP contribution in [0.3, 0.4) is 0 Å². The van der Waals surface area contributed by atoms with Crippen molar-refractivity contribution in [2.75, 3.05) is 11.9 Å². The molecule has 162 valence electrons. The van der Waals surface area contributed by atoms with Crippen LogP contribution in [0.4, 0.5) is 5.69 Å². The summed E-state index contributed by atoms with van der Waals surface area (Å²) in [6.45, 7) is 2.32. The monoisotopic (exact) mass is 458 g/mol. The molecule has 3 aromatic carbocycles. The number of benzene rings is 3. The lowest BCUT2D eigenvalue weighted by Gasteiger charge is -2.19. The largest absolute Gasteiger partial charge is 0.494 e. The van der Waals surface area contributed by atoms with Gasteiger partial charge in [-0.3, -0.25) is 4.79 Å². The molecule has 0 bridgehead atoms. The number of ether oxygens (including phenoxy) is 1. The van der Waals surface area contributed by atoms with Crippen molar-refractivity contribution in [3.8, 4) is 5.75 Å². The maximum Gasteiger partial charge on any atom is 0.242 e. The first-order chi connectivity index (χ1) is 14.9. The Morgan fingerprint density at radius 2 is 1.61 bits per heavy atom. The Morgan fingerprint density at radius 3 is 2.26 bits per heavy atom. The zero-order chi connectivity index (χ0) is 22.3. The van der Waals surface area contributed by atoms with Crippen LogP contribution in [0.2, 0.25) is 5.02 Å². The summed E-state index contributed by atoms with van der Waals surface area (Å²) in [5.74, 6) is 0.0604. The maximum absolute atomic E-state index is 13.0. The summed E-state index contributed by atoms with van der Waals surface area (Å²) >= 11 is 6.14. The smallest absolute Gasteiger partial charge is 0.242 e. The van der Waals surface area contributed by atoms with E-state index in [2.05, 4.69) is 10.0 Å². The van der Waals surface area contributed by atoms with E-state index in [1.165, 1.54) is 12.1 Å². The van der Waals surface area contributed by atoms with Crippen molar-refractivity contribution >= 4 is 33.2 Å². The van der Waals surface area contributed by atoms with Crippen molar-refractivity contribution in [3.63, 3.8) is 0 Å². The van der Waals surface area contributed by atoms with Crippen molar-refractivity contribution in [2.24, 2.45) is 0 Å². The molecule has 3 aromatic rings. The molecule has 8 heteroatoms. The molecule has 1 unspecified atom stereocenters. The standard InChI is InChI=1S/C23H23ClN2O4S/c1-2-30-18-12-14-19(15-13-18)31(28,29)26-22(16-17-8-4-3-5-9-17)23(27)25-21-11-7-6-10-20(21)24/h3-15,22,26H,2,16H2,1H3,(H,25,27). The Bertz CT molecular complexity index is 1120. The van der Waals surface area contributed by atoms with Gasteiger partial charge < -0.3 is 10.1 Å². The lowest BCUT2D eigenvalue weighted by atomic mass is 10.1. The van der Waals surface area contributed by atoms with E-state index in [4.69, 9.17) is 16.3 Å². The van der Waals surface area contributed by atoms with Gasteiger partial charge in [0.05, 0.1) is 22.2 Å². The molecule has 0 spiro atoms. The Kier molecular flexibility index (Phi) is 7.68. The maximum atomic E-state index is 13.0. The van der Waals surface area contributed by atoms with E-state index >= 15 is 0 Å². The molecule has 3 rings (SSSR count). The quantitative estimate of drug-likeness (QED) is 0.501. The molecule has 1 atom stereocenters. The second kappa shape index (κ2) is 10.4. The Balaban J connectivity index is 1.84. The number of hydrogen-bond donors (Lipinski definition) is 2. The van der Waals surface area contributed by atoms with Gasteiger partial charge >= 0.3 is 0 Å². The number of carbonyl (C=O) groups is 1. The highest BCUT2D eigenvalue weighted by atomic mass is 35.5. The van der Waals surface area contributed by atoms with E-state index in [1.54, 1.807) is 36.4 Å². The molecule has 6 nitrogen and oxygen atoms in total. The van der Waals surface area contributed by atoms with E-state index < -0.39 is 22.0 Å². The highest BCUT2D eigenvalue weighted by molar-refractivity contribution is 7.89. The number of sulfonamides is 1. The zero-order valence-corrected chi connectivity index (χ0v) is 18.5.